The van der Waals surface area contributed by atoms with Gasteiger partial charge < -0.3 is 10.1 Å². The lowest BCUT2D eigenvalue weighted by Crippen LogP contribution is -2.09. The van der Waals surface area contributed by atoms with E-state index in [4.69, 9.17) is 0 Å². The molecule has 0 amide bonds. The predicted octanol–water partition coefficient (Wildman–Crippen LogP) is 3.67. The number of hydrogen-bond acceptors (Lipinski definition) is 3. The van der Waals surface area contributed by atoms with Gasteiger partial charge in [0.25, 0.3) is 0 Å². The van der Waals surface area contributed by atoms with Gasteiger partial charge in [-0.05, 0) is 48.4 Å². The topological polar surface area (TPSA) is 38.3 Å². The van der Waals surface area contributed by atoms with Crippen molar-refractivity contribution in [1.29, 1.82) is 0 Å². The summed E-state index contributed by atoms with van der Waals surface area (Å²) in [4.78, 5) is 11.6. The van der Waals surface area contributed by atoms with Gasteiger partial charge in [0, 0.05) is 6.54 Å². The Bertz CT molecular complexity index is 671. The number of halogens is 2. The van der Waals surface area contributed by atoms with E-state index in [1.807, 2.05) is 0 Å². The van der Waals surface area contributed by atoms with Crippen LogP contribution >= 0.6 is 0 Å². The van der Waals surface area contributed by atoms with Crippen LogP contribution in [-0.4, -0.2) is 13.1 Å². The Hall–Kier alpha value is -2.43. The van der Waals surface area contributed by atoms with E-state index < -0.39 is 11.8 Å². The van der Waals surface area contributed by atoms with Gasteiger partial charge in [0.2, 0.25) is 0 Å². The third-order valence-corrected chi connectivity index (χ3v) is 3.16. The highest BCUT2D eigenvalue weighted by Gasteiger charge is 2.12. The Morgan fingerprint density at radius 3 is 2.48 bits per heavy atom. The molecule has 110 valence electrons. The second-order valence-electron chi connectivity index (χ2n) is 4.61. The van der Waals surface area contributed by atoms with Gasteiger partial charge in [-0.2, -0.15) is 0 Å². The number of hydrogen-bond donors (Lipinski definition) is 1. The molecule has 0 aliphatic rings. The molecule has 0 aliphatic heterocycles. The molecule has 2 rings (SSSR count). The summed E-state index contributed by atoms with van der Waals surface area (Å²) in [5.41, 5.74) is 2.22. The lowest BCUT2D eigenvalue weighted by molar-refractivity contribution is 0.0602. The molecule has 0 bridgehead atoms. The molecule has 1 N–H and O–H groups in total. The SMILES string of the molecule is COC(=O)c1ccc(F)cc1NCc1ccc(F)cc1C. The lowest BCUT2D eigenvalue weighted by atomic mass is 10.1. The molecule has 21 heavy (non-hydrogen) atoms. The van der Waals surface area contributed by atoms with Crippen molar-refractivity contribution in [3.63, 3.8) is 0 Å². The van der Waals surface area contributed by atoms with Crippen molar-refractivity contribution in [3.8, 4) is 0 Å². The minimum atomic E-state index is -0.548. The van der Waals surface area contributed by atoms with Crippen LogP contribution in [0, 0.1) is 18.6 Å². The molecule has 2 aromatic rings. The Balaban J connectivity index is 2.23. The quantitative estimate of drug-likeness (QED) is 0.873. The van der Waals surface area contributed by atoms with Crippen LogP contribution in [0.2, 0.25) is 0 Å². The standard InChI is InChI=1S/C16H15F2NO2/c1-10-7-12(17)4-3-11(10)9-19-15-8-13(18)5-6-14(15)16(20)21-2/h3-8,19H,9H2,1-2H3. The van der Waals surface area contributed by atoms with Gasteiger partial charge in [0.1, 0.15) is 11.6 Å². The molecule has 0 atom stereocenters. The largest absolute Gasteiger partial charge is 0.465 e. The van der Waals surface area contributed by atoms with Crippen LogP contribution in [-0.2, 0) is 11.3 Å². The molecule has 0 saturated carbocycles. The van der Waals surface area contributed by atoms with E-state index in [-0.39, 0.29) is 11.4 Å². The third-order valence-electron chi connectivity index (χ3n) is 3.16. The molecule has 0 spiro atoms. The van der Waals surface area contributed by atoms with E-state index >= 15 is 0 Å². The van der Waals surface area contributed by atoms with Gasteiger partial charge in [0.05, 0.1) is 18.4 Å². The van der Waals surface area contributed by atoms with E-state index in [2.05, 4.69) is 10.1 Å². The van der Waals surface area contributed by atoms with Crippen molar-refractivity contribution in [2.75, 3.05) is 12.4 Å². The molecule has 0 heterocycles. The number of ether oxygens (including phenoxy) is 1. The van der Waals surface area contributed by atoms with E-state index in [9.17, 15) is 13.6 Å². The second-order valence-corrected chi connectivity index (χ2v) is 4.61. The molecule has 0 fully saturated rings. The summed E-state index contributed by atoms with van der Waals surface area (Å²) in [7, 11) is 1.26. The summed E-state index contributed by atoms with van der Waals surface area (Å²) >= 11 is 0. The molecule has 0 aromatic heterocycles. The molecule has 3 nitrogen and oxygen atoms in total. The summed E-state index contributed by atoms with van der Waals surface area (Å²) < 4.78 is 31.0. The summed E-state index contributed by atoms with van der Waals surface area (Å²) in [6.07, 6.45) is 0. The van der Waals surface area contributed by atoms with Crippen LogP contribution < -0.4 is 5.32 Å². The zero-order valence-electron chi connectivity index (χ0n) is 11.7. The number of carbonyl (C=O) groups excluding carboxylic acids is 1. The van der Waals surface area contributed by atoms with Crippen LogP contribution in [0.3, 0.4) is 0 Å². The van der Waals surface area contributed by atoms with Crippen molar-refractivity contribution in [3.05, 3.63) is 64.7 Å². The number of rotatable bonds is 4. The fourth-order valence-corrected chi connectivity index (χ4v) is 2.00. The van der Waals surface area contributed by atoms with E-state index in [1.165, 1.54) is 37.4 Å². The lowest BCUT2D eigenvalue weighted by Gasteiger charge is -2.12. The molecular weight excluding hydrogens is 276 g/mol. The molecule has 0 saturated heterocycles. The van der Waals surface area contributed by atoms with Crippen molar-refractivity contribution >= 4 is 11.7 Å². The van der Waals surface area contributed by atoms with Gasteiger partial charge in [0.15, 0.2) is 0 Å². The highest BCUT2D eigenvalue weighted by Crippen LogP contribution is 2.20. The smallest absolute Gasteiger partial charge is 0.339 e. The average molecular weight is 291 g/mol. The summed E-state index contributed by atoms with van der Waals surface area (Å²) in [5, 5.41) is 2.98. The highest BCUT2D eigenvalue weighted by molar-refractivity contribution is 5.95. The number of benzene rings is 2. The minimum absolute atomic E-state index is 0.249. The number of aryl methyl sites for hydroxylation is 1. The van der Waals surface area contributed by atoms with Crippen molar-refractivity contribution < 1.29 is 18.3 Å². The fourth-order valence-electron chi connectivity index (χ4n) is 2.00. The van der Waals surface area contributed by atoms with E-state index in [0.717, 1.165) is 11.1 Å². The average Bonchev–Trinajstić information content (AvgIpc) is 2.45. The number of anilines is 1. The maximum absolute atomic E-state index is 13.3. The van der Waals surface area contributed by atoms with Crippen molar-refractivity contribution in [1.82, 2.24) is 0 Å². The molecule has 2 aromatic carbocycles. The van der Waals surface area contributed by atoms with Gasteiger partial charge in [-0.25, -0.2) is 13.6 Å². The van der Waals surface area contributed by atoms with Crippen LogP contribution in [0.5, 0.6) is 0 Å². The number of nitrogens with one attached hydrogen (secondary N) is 1. The monoisotopic (exact) mass is 291 g/mol. The van der Waals surface area contributed by atoms with Gasteiger partial charge in [-0.3, -0.25) is 0 Å². The maximum Gasteiger partial charge on any atom is 0.339 e. The molecule has 0 radical (unpaired) electrons. The zero-order chi connectivity index (χ0) is 15.4. The summed E-state index contributed by atoms with van der Waals surface area (Å²) in [5.74, 6) is -1.31. The molecule has 0 unspecified atom stereocenters. The first-order chi connectivity index (χ1) is 10.0. The fraction of sp³-hybridized carbons (Fsp3) is 0.188. The maximum atomic E-state index is 13.3. The molecule has 5 heteroatoms. The number of carbonyl (C=O) groups is 1. The first-order valence-electron chi connectivity index (χ1n) is 6.38. The summed E-state index contributed by atoms with van der Waals surface area (Å²) in [6.45, 7) is 2.13. The van der Waals surface area contributed by atoms with Crippen LogP contribution in [0.25, 0.3) is 0 Å². The van der Waals surface area contributed by atoms with Crippen LogP contribution in [0.1, 0.15) is 21.5 Å². The highest BCUT2D eigenvalue weighted by atomic mass is 19.1. The number of methoxy groups -OCH3 is 1. The van der Waals surface area contributed by atoms with Crippen LogP contribution in [0.15, 0.2) is 36.4 Å². The third kappa shape index (κ3) is 3.56. The first kappa shape index (κ1) is 15.0. The zero-order valence-corrected chi connectivity index (χ0v) is 11.7. The predicted molar refractivity (Wildman–Crippen MR) is 76.2 cm³/mol. The number of esters is 1. The van der Waals surface area contributed by atoms with E-state index in [0.29, 0.717) is 12.2 Å². The van der Waals surface area contributed by atoms with E-state index in [1.54, 1.807) is 13.0 Å². The van der Waals surface area contributed by atoms with Gasteiger partial charge in [-0.15, -0.1) is 0 Å². The second kappa shape index (κ2) is 6.35. The van der Waals surface area contributed by atoms with Crippen molar-refractivity contribution in [2.45, 2.75) is 13.5 Å². The first-order valence-corrected chi connectivity index (χ1v) is 6.38. The Morgan fingerprint density at radius 2 is 1.81 bits per heavy atom. The van der Waals surface area contributed by atoms with Gasteiger partial charge >= 0.3 is 5.97 Å². The molecular formula is C16H15F2NO2. The van der Waals surface area contributed by atoms with Gasteiger partial charge in [-0.1, -0.05) is 6.07 Å². The normalized spacial score (nSPS) is 10.3. The Morgan fingerprint density at radius 1 is 1.14 bits per heavy atom. The summed E-state index contributed by atoms with van der Waals surface area (Å²) in [6, 6.07) is 8.21. The minimum Gasteiger partial charge on any atom is -0.465 e. The Labute approximate surface area is 121 Å². The molecule has 0 aliphatic carbocycles. The van der Waals surface area contributed by atoms with Crippen molar-refractivity contribution in [2.24, 2.45) is 0 Å². The Kier molecular flexibility index (Phi) is 4.52. The van der Waals surface area contributed by atoms with Crippen LogP contribution in [0.4, 0.5) is 14.5 Å².